The molecule has 34 heavy (non-hydrogen) atoms. The van der Waals surface area contributed by atoms with Crippen LogP contribution in [-0.4, -0.2) is 57.6 Å². The summed E-state index contributed by atoms with van der Waals surface area (Å²) in [7, 11) is 0. The first-order chi connectivity index (χ1) is 15.8. The molecule has 4 N–H and O–H groups in total. The summed E-state index contributed by atoms with van der Waals surface area (Å²) < 4.78 is 0. The molecule has 10 nitrogen and oxygen atoms in total. The van der Waals surface area contributed by atoms with Crippen LogP contribution in [0.4, 0.5) is 0 Å². The van der Waals surface area contributed by atoms with E-state index in [0.29, 0.717) is 25.7 Å². The molecule has 0 spiro atoms. The summed E-state index contributed by atoms with van der Waals surface area (Å²) >= 11 is 0. The summed E-state index contributed by atoms with van der Waals surface area (Å²) in [4.78, 5) is 70.0. The van der Waals surface area contributed by atoms with E-state index in [9.17, 15) is 39.0 Å². The lowest BCUT2D eigenvalue weighted by molar-refractivity contribution is -0.142. The van der Waals surface area contributed by atoms with Crippen molar-refractivity contribution in [2.75, 3.05) is 0 Å². The quantitative estimate of drug-likeness (QED) is 0.203. The molecular weight excluding hydrogens is 444 g/mol. The van der Waals surface area contributed by atoms with Crippen molar-refractivity contribution in [3.05, 3.63) is 0 Å². The number of Topliss-reactive ketones (excluding diaryl/α,β-unsaturated/α-hetero) is 2. The van der Waals surface area contributed by atoms with Gasteiger partial charge in [0.25, 0.3) is 0 Å². The predicted molar refractivity (Wildman–Crippen MR) is 125 cm³/mol. The van der Waals surface area contributed by atoms with Gasteiger partial charge >= 0.3 is 11.9 Å². The zero-order valence-electron chi connectivity index (χ0n) is 20.7. The minimum atomic E-state index is -1.18. The Hall–Kier alpha value is -2.78. The molecule has 194 valence electrons. The Kier molecular flexibility index (Phi) is 15.4. The van der Waals surface area contributed by atoms with Crippen molar-refractivity contribution in [1.29, 1.82) is 0 Å². The molecule has 0 fully saturated rings. The van der Waals surface area contributed by atoms with Crippen molar-refractivity contribution in [1.82, 2.24) is 10.6 Å². The maximum atomic E-state index is 12.0. The van der Waals surface area contributed by atoms with Gasteiger partial charge in [0.15, 0.2) is 0 Å². The average Bonchev–Trinajstić information content (AvgIpc) is 2.75. The first kappa shape index (κ1) is 31.2. The number of hydrogen-bond acceptors (Lipinski definition) is 6. The van der Waals surface area contributed by atoms with Crippen molar-refractivity contribution in [2.45, 2.75) is 104 Å². The SMILES string of the molecule is CC(C)C(=O)CC[C@H](NC(=O)CCCCCCC(=O)N[C@@H](CCC(=O)C(C)C)C(=O)O)C(=O)O. The monoisotopic (exact) mass is 484 g/mol. The van der Waals surface area contributed by atoms with Gasteiger partial charge in [0.1, 0.15) is 23.7 Å². The van der Waals surface area contributed by atoms with E-state index in [0.717, 1.165) is 0 Å². The first-order valence-electron chi connectivity index (χ1n) is 11.9. The lowest BCUT2D eigenvalue weighted by Crippen LogP contribution is -2.41. The van der Waals surface area contributed by atoms with Crippen molar-refractivity contribution in [3.8, 4) is 0 Å². The van der Waals surface area contributed by atoms with Crippen LogP contribution in [0.25, 0.3) is 0 Å². The lowest BCUT2D eigenvalue weighted by Gasteiger charge is -2.15. The molecule has 0 aliphatic rings. The van der Waals surface area contributed by atoms with E-state index in [4.69, 9.17) is 0 Å². The fourth-order valence-corrected chi connectivity index (χ4v) is 3.12. The van der Waals surface area contributed by atoms with Crippen LogP contribution in [0.3, 0.4) is 0 Å². The van der Waals surface area contributed by atoms with Crippen LogP contribution in [0.2, 0.25) is 0 Å². The van der Waals surface area contributed by atoms with Gasteiger partial charge in [-0.2, -0.15) is 0 Å². The molecule has 0 rings (SSSR count). The molecule has 2 atom stereocenters. The van der Waals surface area contributed by atoms with Gasteiger partial charge < -0.3 is 20.8 Å². The highest BCUT2D eigenvalue weighted by atomic mass is 16.4. The average molecular weight is 485 g/mol. The number of carbonyl (C=O) groups excluding carboxylic acids is 4. The van der Waals surface area contributed by atoms with Crippen LogP contribution >= 0.6 is 0 Å². The van der Waals surface area contributed by atoms with Crippen LogP contribution in [0.5, 0.6) is 0 Å². The predicted octanol–water partition coefficient (Wildman–Crippen LogP) is 2.48. The number of carboxylic acids is 2. The molecule has 10 heteroatoms. The summed E-state index contributed by atoms with van der Waals surface area (Å²) in [5.74, 6) is -3.63. The number of hydrogen-bond donors (Lipinski definition) is 4. The highest BCUT2D eigenvalue weighted by Crippen LogP contribution is 2.09. The molecule has 0 aromatic rings. The Morgan fingerprint density at radius 2 is 0.882 bits per heavy atom. The van der Waals surface area contributed by atoms with Gasteiger partial charge in [-0.25, -0.2) is 9.59 Å². The molecule has 0 radical (unpaired) electrons. The number of rotatable bonds is 19. The zero-order valence-corrected chi connectivity index (χ0v) is 20.7. The Morgan fingerprint density at radius 3 is 1.15 bits per heavy atom. The summed E-state index contributed by atoms with van der Waals surface area (Å²) in [5.41, 5.74) is 0. The first-order valence-corrected chi connectivity index (χ1v) is 11.9. The van der Waals surface area contributed by atoms with E-state index >= 15 is 0 Å². The molecule has 0 saturated carbocycles. The third kappa shape index (κ3) is 14.4. The second kappa shape index (κ2) is 16.8. The molecule has 0 aromatic heterocycles. The number of aliphatic carboxylic acids is 2. The smallest absolute Gasteiger partial charge is 0.326 e. The van der Waals surface area contributed by atoms with Crippen LogP contribution in [0.15, 0.2) is 0 Å². The van der Waals surface area contributed by atoms with Crippen LogP contribution in [0, 0.1) is 11.8 Å². The number of amides is 2. The van der Waals surface area contributed by atoms with E-state index in [1.165, 1.54) is 0 Å². The fraction of sp³-hybridized carbons (Fsp3) is 0.750. The van der Waals surface area contributed by atoms with Gasteiger partial charge in [-0.3, -0.25) is 19.2 Å². The van der Waals surface area contributed by atoms with Gasteiger partial charge in [-0.05, 0) is 25.7 Å². The highest BCUT2D eigenvalue weighted by Gasteiger charge is 2.22. The molecule has 0 saturated heterocycles. The Labute approximate surface area is 201 Å². The van der Waals surface area contributed by atoms with Crippen LogP contribution < -0.4 is 10.6 Å². The summed E-state index contributed by atoms with van der Waals surface area (Å²) in [6.45, 7) is 6.95. The van der Waals surface area contributed by atoms with E-state index in [2.05, 4.69) is 10.6 Å². The number of carboxylic acid groups (broad SMARTS) is 2. The number of unbranched alkanes of at least 4 members (excludes halogenated alkanes) is 3. The third-order valence-corrected chi connectivity index (χ3v) is 5.47. The molecule has 0 aliphatic carbocycles. The third-order valence-electron chi connectivity index (χ3n) is 5.47. The molecule has 0 aromatic carbocycles. The van der Waals surface area contributed by atoms with Gasteiger partial charge in [-0.15, -0.1) is 0 Å². The minimum absolute atomic E-state index is 0.0518. The van der Waals surface area contributed by atoms with Gasteiger partial charge in [0, 0.05) is 37.5 Å². The van der Waals surface area contributed by atoms with Gasteiger partial charge in [0.2, 0.25) is 11.8 Å². The fourth-order valence-electron chi connectivity index (χ4n) is 3.12. The number of ketones is 2. The standard InChI is InChI=1S/C24H40N2O8/c1-15(2)19(27)13-11-17(23(31)32)25-21(29)9-7-5-6-8-10-22(30)26-18(24(33)34)12-14-20(28)16(3)4/h15-18H,5-14H2,1-4H3,(H,25,29)(H,26,30)(H,31,32)(H,33,34)/t17-,18-/m0/s1. The van der Waals surface area contributed by atoms with E-state index in [1.807, 2.05) is 0 Å². The van der Waals surface area contributed by atoms with E-state index < -0.39 is 35.8 Å². The lowest BCUT2D eigenvalue weighted by atomic mass is 10.0. The van der Waals surface area contributed by atoms with Gasteiger partial charge in [0.05, 0.1) is 0 Å². The Balaban J connectivity index is 4.16. The Morgan fingerprint density at radius 1 is 0.559 bits per heavy atom. The molecule has 0 bridgehead atoms. The highest BCUT2D eigenvalue weighted by molar-refractivity contribution is 5.86. The minimum Gasteiger partial charge on any atom is -0.480 e. The molecule has 2 amide bonds. The van der Waals surface area contributed by atoms with Crippen molar-refractivity contribution in [3.63, 3.8) is 0 Å². The molecular formula is C24H40N2O8. The largest absolute Gasteiger partial charge is 0.480 e. The van der Waals surface area contributed by atoms with Crippen molar-refractivity contribution < 1.29 is 39.0 Å². The Bertz CT molecular complexity index is 658. The second-order valence-corrected chi connectivity index (χ2v) is 9.15. The maximum Gasteiger partial charge on any atom is 0.326 e. The molecule has 0 unspecified atom stereocenters. The van der Waals surface area contributed by atoms with Crippen LogP contribution in [-0.2, 0) is 28.8 Å². The van der Waals surface area contributed by atoms with Crippen molar-refractivity contribution in [2.24, 2.45) is 11.8 Å². The summed E-state index contributed by atoms with van der Waals surface area (Å²) in [5, 5.41) is 23.4. The van der Waals surface area contributed by atoms with E-state index in [1.54, 1.807) is 27.7 Å². The summed E-state index contributed by atoms with van der Waals surface area (Å²) in [6.07, 6.45) is 2.89. The molecule has 0 aliphatic heterocycles. The maximum absolute atomic E-state index is 12.0. The summed E-state index contributed by atoms with van der Waals surface area (Å²) in [6, 6.07) is -2.20. The van der Waals surface area contributed by atoms with Crippen LogP contribution in [0.1, 0.15) is 91.9 Å². The van der Waals surface area contributed by atoms with Gasteiger partial charge in [-0.1, -0.05) is 40.5 Å². The normalized spacial score (nSPS) is 12.8. The molecule has 0 heterocycles. The number of carbonyl (C=O) groups is 6. The topological polar surface area (TPSA) is 167 Å². The zero-order chi connectivity index (χ0) is 26.3. The number of nitrogens with one attached hydrogen (secondary N) is 2. The second-order valence-electron chi connectivity index (χ2n) is 9.15. The van der Waals surface area contributed by atoms with Crippen molar-refractivity contribution >= 4 is 35.3 Å². The van der Waals surface area contributed by atoms with E-state index in [-0.39, 0.29) is 61.9 Å².